The zero-order valence-corrected chi connectivity index (χ0v) is 16.9. The smallest absolute Gasteiger partial charge is 0.245 e. The van der Waals surface area contributed by atoms with Crippen LogP contribution in [0, 0.1) is 6.92 Å². The van der Waals surface area contributed by atoms with Crippen molar-refractivity contribution in [3.63, 3.8) is 0 Å². The fraction of sp³-hybridized carbons (Fsp3) is 0.579. The van der Waals surface area contributed by atoms with E-state index in [0.717, 1.165) is 31.0 Å². The van der Waals surface area contributed by atoms with Crippen molar-refractivity contribution in [2.75, 3.05) is 30.9 Å². The van der Waals surface area contributed by atoms with Gasteiger partial charge in [0.05, 0.1) is 0 Å². The maximum atomic E-state index is 12.9. The first kappa shape index (κ1) is 20.2. The summed E-state index contributed by atoms with van der Waals surface area (Å²) in [6.07, 6.45) is 3.66. The summed E-state index contributed by atoms with van der Waals surface area (Å²) >= 11 is 3.63. The summed E-state index contributed by atoms with van der Waals surface area (Å²) in [4.78, 5) is 26.3. The van der Waals surface area contributed by atoms with Crippen molar-refractivity contribution in [2.24, 2.45) is 0 Å². The highest BCUT2D eigenvalue weighted by Crippen LogP contribution is 2.36. The zero-order chi connectivity index (χ0) is 18.2. The second-order valence-corrected chi connectivity index (χ2v) is 8.66. The minimum atomic E-state index is -0.398. The number of amides is 2. The van der Waals surface area contributed by atoms with Gasteiger partial charge >= 0.3 is 0 Å². The van der Waals surface area contributed by atoms with Gasteiger partial charge < -0.3 is 10.2 Å². The molecule has 1 aliphatic heterocycles. The third kappa shape index (κ3) is 5.96. The van der Waals surface area contributed by atoms with Gasteiger partial charge in [-0.05, 0) is 42.9 Å². The average molecular weight is 381 g/mol. The second kappa shape index (κ2) is 10.1. The Labute approximate surface area is 159 Å². The molecule has 1 saturated heterocycles. The van der Waals surface area contributed by atoms with Gasteiger partial charge in [0.2, 0.25) is 11.8 Å². The molecule has 0 spiro atoms. The predicted molar refractivity (Wildman–Crippen MR) is 108 cm³/mol. The van der Waals surface area contributed by atoms with E-state index in [1.807, 2.05) is 22.9 Å². The molecule has 0 aromatic heterocycles. The lowest BCUT2D eigenvalue weighted by Gasteiger charge is -2.26. The van der Waals surface area contributed by atoms with E-state index in [4.69, 9.17) is 0 Å². The SMILES string of the molecule is CSCCC(NC(C)=O)C(=O)N1CCSC(c2ccccc2C)CC1. The van der Waals surface area contributed by atoms with Gasteiger partial charge in [-0.3, -0.25) is 9.59 Å². The molecule has 25 heavy (non-hydrogen) atoms. The van der Waals surface area contributed by atoms with Crippen molar-refractivity contribution in [3.8, 4) is 0 Å². The summed E-state index contributed by atoms with van der Waals surface area (Å²) in [6, 6.07) is 8.11. The molecule has 1 heterocycles. The number of hydrogen-bond donors (Lipinski definition) is 1. The number of nitrogens with one attached hydrogen (secondary N) is 1. The monoisotopic (exact) mass is 380 g/mol. The third-order valence-corrected chi connectivity index (χ3v) is 6.43. The molecule has 2 unspecified atom stereocenters. The van der Waals surface area contributed by atoms with E-state index < -0.39 is 6.04 Å². The Kier molecular flexibility index (Phi) is 8.16. The van der Waals surface area contributed by atoms with Gasteiger partial charge in [-0.1, -0.05) is 24.3 Å². The number of rotatable bonds is 6. The van der Waals surface area contributed by atoms with Gasteiger partial charge in [0.1, 0.15) is 6.04 Å². The number of nitrogens with zero attached hydrogens (tertiary/aromatic N) is 1. The molecule has 2 amide bonds. The number of thioether (sulfide) groups is 2. The molecule has 0 saturated carbocycles. The minimum absolute atomic E-state index is 0.0651. The molecular formula is C19H28N2O2S2. The Morgan fingerprint density at radius 3 is 2.80 bits per heavy atom. The van der Waals surface area contributed by atoms with Crippen LogP contribution in [0.2, 0.25) is 0 Å². The normalized spacial score (nSPS) is 19.2. The van der Waals surface area contributed by atoms with Crippen LogP contribution in [0.15, 0.2) is 24.3 Å². The van der Waals surface area contributed by atoms with E-state index in [2.05, 4.69) is 36.5 Å². The summed E-state index contributed by atoms with van der Waals surface area (Å²) in [5, 5.41) is 3.27. The minimum Gasteiger partial charge on any atom is -0.345 e. The van der Waals surface area contributed by atoms with Crippen LogP contribution in [0.25, 0.3) is 0 Å². The fourth-order valence-electron chi connectivity index (χ4n) is 3.15. The molecule has 2 rings (SSSR count). The van der Waals surface area contributed by atoms with Crippen LogP contribution in [0.1, 0.15) is 36.1 Å². The maximum absolute atomic E-state index is 12.9. The molecule has 4 nitrogen and oxygen atoms in total. The summed E-state index contributed by atoms with van der Waals surface area (Å²) < 4.78 is 0. The first-order chi connectivity index (χ1) is 12.0. The van der Waals surface area contributed by atoms with Crippen LogP contribution in [-0.4, -0.2) is 53.6 Å². The number of hydrogen-bond acceptors (Lipinski definition) is 4. The lowest BCUT2D eigenvalue weighted by atomic mass is 10.0. The Morgan fingerprint density at radius 1 is 1.36 bits per heavy atom. The molecule has 1 aliphatic rings. The first-order valence-corrected chi connectivity index (χ1v) is 11.2. The molecule has 1 N–H and O–H groups in total. The van der Waals surface area contributed by atoms with Gasteiger partial charge in [-0.15, -0.1) is 0 Å². The highest BCUT2D eigenvalue weighted by atomic mass is 32.2. The second-order valence-electron chi connectivity index (χ2n) is 6.36. The largest absolute Gasteiger partial charge is 0.345 e. The van der Waals surface area contributed by atoms with Gasteiger partial charge in [-0.25, -0.2) is 0 Å². The van der Waals surface area contributed by atoms with Crippen molar-refractivity contribution in [1.29, 1.82) is 0 Å². The zero-order valence-electron chi connectivity index (χ0n) is 15.3. The molecule has 138 valence electrons. The van der Waals surface area contributed by atoms with E-state index >= 15 is 0 Å². The van der Waals surface area contributed by atoms with Gasteiger partial charge in [-0.2, -0.15) is 23.5 Å². The molecule has 0 bridgehead atoms. The van der Waals surface area contributed by atoms with E-state index in [9.17, 15) is 9.59 Å². The third-order valence-electron chi connectivity index (χ3n) is 4.47. The van der Waals surface area contributed by atoms with E-state index in [1.165, 1.54) is 18.1 Å². The molecule has 0 radical (unpaired) electrons. The molecule has 1 aromatic rings. The van der Waals surface area contributed by atoms with E-state index in [-0.39, 0.29) is 11.8 Å². The van der Waals surface area contributed by atoms with E-state index in [1.54, 1.807) is 11.8 Å². The standard InChI is InChI=1S/C19H28N2O2S2/c1-14-6-4-5-7-16(14)18-8-10-21(11-13-25-18)19(23)17(9-12-24-3)20-15(2)22/h4-7,17-18H,8-13H2,1-3H3,(H,20,22). The molecule has 1 fully saturated rings. The summed E-state index contributed by atoms with van der Waals surface area (Å²) in [6.45, 7) is 5.13. The topological polar surface area (TPSA) is 49.4 Å². The summed E-state index contributed by atoms with van der Waals surface area (Å²) in [5.41, 5.74) is 2.69. The molecule has 6 heteroatoms. The number of benzene rings is 1. The van der Waals surface area contributed by atoms with Crippen molar-refractivity contribution < 1.29 is 9.59 Å². The van der Waals surface area contributed by atoms with Crippen LogP contribution in [-0.2, 0) is 9.59 Å². The highest BCUT2D eigenvalue weighted by molar-refractivity contribution is 7.99. The fourth-order valence-corrected chi connectivity index (χ4v) is 4.94. The first-order valence-electron chi connectivity index (χ1n) is 8.75. The Hall–Kier alpha value is -1.14. The quantitative estimate of drug-likeness (QED) is 0.823. The van der Waals surface area contributed by atoms with Gasteiger partial charge in [0.15, 0.2) is 0 Å². The Balaban J connectivity index is 2.01. The number of carbonyl (C=O) groups excluding carboxylic acids is 2. The molecule has 2 atom stereocenters. The van der Waals surface area contributed by atoms with Gasteiger partial charge in [0, 0.05) is 31.0 Å². The maximum Gasteiger partial charge on any atom is 0.245 e. The number of carbonyl (C=O) groups is 2. The van der Waals surface area contributed by atoms with Crippen LogP contribution < -0.4 is 5.32 Å². The Morgan fingerprint density at radius 2 is 2.12 bits per heavy atom. The highest BCUT2D eigenvalue weighted by Gasteiger charge is 2.28. The molecule has 0 aliphatic carbocycles. The van der Waals surface area contributed by atoms with Crippen molar-refractivity contribution in [1.82, 2.24) is 10.2 Å². The van der Waals surface area contributed by atoms with Crippen LogP contribution in [0.3, 0.4) is 0 Å². The van der Waals surface area contributed by atoms with Crippen LogP contribution >= 0.6 is 23.5 Å². The molecule has 1 aromatic carbocycles. The summed E-state index contributed by atoms with van der Waals surface area (Å²) in [7, 11) is 0. The van der Waals surface area contributed by atoms with E-state index in [0.29, 0.717) is 11.7 Å². The van der Waals surface area contributed by atoms with Crippen LogP contribution in [0.5, 0.6) is 0 Å². The lowest BCUT2D eigenvalue weighted by molar-refractivity contribution is -0.135. The lowest BCUT2D eigenvalue weighted by Crippen LogP contribution is -2.49. The predicted octanol–water partition coefficient (Wildman–Crippen LogP) is 3.26. The van der Waals surface area contributed by atoms with Crippen LogP contribution in [0.4, 0.5) is 0 Å². The van der Waals surface area contributed by atoms with Crippen molar-refractivity contribution in [2.45, 2.75) is 38.0 Å². The summed E-state index contributed by atoms with van der Waals surface area (Å²) in [5.74, 6) is 1.72. The van der Waals surface area contributed by atoms with Gasteiger partial charge in [0.25, 0.3) is 0 Å². The van der Waals surface area contributed by atoms with Crippen molar-refractivity contribution in [3.05, 3.63) is 35.4 Å². The van der Waals surface area contributed by atoms with Crippen molar-refractivity contribution >= 4 is 35.3 Å². The number of aryl methyl sites for hydroxylation is 1. The Bertz CT molecular complexity index is 595. The molecular weight excluding hydrogens is 352 g/mol. The average Bonchev–Trinajstić information content (AvgIpc) is 2.84.